The Morgan fingerprint density at radius 3 is 1.84 bits per heavy atom. The summed E-state index contributed by atoms with van der Waals surface area (Å²) in [5, 5.41) is 0. The second-order valence-corrected chi connectivity index (χ2v) is 4.91. The van der Waals surface area contributed by atoms with Crippen molar-refractivity contribution in [3.63, 3.8) is 0 Å². The maximum absolute atomic E-state index is 12.3. The van der Waals surface area contributed by atoms with E-state index in [2.05, 4.69) is 31.2 Å². The van der Waals surface area contributed by atoms with Crippen molar-refractivity contribution in [3.05, 3.63) is 71.8 Å². The van der Waals surface area contributed by atoms with Crippen LogP contribution in [0.4, 0.5) is 0 Å². The number of Topliss-reactive ketones (excluding diaryl/α,β-unsaturated/α-hetero) is 1. The monoisotopic (exact) mass is 252 g/mol. The minimum absolute atomic E-state index is 0.0476. The van der Waals surface area contributed by atoms with Gasteiger partial charge >= 0.3 is 0 Å². The average molecular weight is 252 g/mol. The average Bonchev–Trinajstić information content (AvgIpc) is 2.49. The van der Waals surface area contributed by atoms with E-state index in [1.165, 1.54) is 5.56 Å². The van der Waals surface area contributed by atoms with Gasteiger partial charge in [0.25, 0.3) is 0 Å². The van der Waals surface area contributed by atoms with Crippen LogP contribution in [0.25, 0.3) is 0 Å². The molecule has 19 heavy (non-hydrogen) atoms. The lowest BCUT2D eigenvalue weighted by Gasteiger charge is -2.23. The zero-order chi connectivity index (χ0) is 13.7. The van der Waals surface area contributed by atoms with Crippen LogP contribution < -0.4 is 0 Å². The molecule has 0 radical (unpaired) electrons. The fraction of sp³-hybridized carbons (Fsp3) is 0.278. The van der Waals surface area contributed by atoms with Gasteiger partial charge in [-0.05, 0) is 17.0 Å². The Balaban J connectivity index is 2.36. The van der Waals surface area contributed by atoms with Crippen LogP contribution in [0.3, 0.4) is 0 Å². The molecule has 2 atom stereocenters. The van der Waals surface area contributed by atoms with E-state index in [1.807, 2.05) is 43.3 Å². The number of rotatable bonds is 5. The fourth-order valence-electron chi connectivity index (χ4n) is 2.58. The Hall–Kier alpha value is -1.89. The number of carbonyl (C=O) groups excluding carboxylic acids is 1. The molecule has 0 spiro atoms. The molecule has 0 amide bonds. The first-order chi connectivity index (χ1) is 9.24. The summed E-state index contributed by atoms with van der Waals surface area (Å²) in [7, 11) is 0. The largest absolute Gasteiger partial charge is 0.299 e. The summed E-state index contributed by atoms with van der Waals surface area (Å²) in [6, 6.07) is 20.4. The molecule has 0 aromatic heterocycles. The van der Waals surface area contributed by atoms with Crippen LogP contribution in [0.2, 0.25) is 0 Å². The van der Waals surface area contributed by atoms with Crippen LogP contribution in [0.1, 0.15) is 43.2 Å². The van der Waals surface area contributed by atoms with Gasteiger partial charge in [0.05, 0.1) is 0 Å². The normalized spacial score (nSPS) is 13.8. The second-order valence-electron chi connectivity index (χ2n) is 4.91. The molecule has 0 bridgehead atoms. The Bertz CT molecular complexity index is 516. The quantitative estimate of drug-likeness (QED) is 0.762. The number of hydrogen-bond acceptors (Lipinski definition) is 1. The van der Waals surface area contributed by atoms with Gasteiger partial charge < -0.3 is 0 Å². The van der Waals surface area contributed by atoms with Crippen molar-refractivity contribution >= 4 is 5.78 Å². The van der Waals surface area contributed by atoms with Gasteiger partial charge in [-0.15, -0.1) is 0 Å². The highest BCUT2D eigenvalue weighted by molar-refractivity contribution is 5.86. The molecule has 0 heterocycles. The molecule has 2 aromatic carbocycles. The molecule has 1 heteroatoms. The minimum Gasteiger partial charge on any atom is -0.299 e. The van der Waals surface area contributed by atoms with Crippen LogP contribution >= 0.6 is 0 Å². The molecule has 98 valence electrons. The van der Waals surface area contributed by atoms with Gasteiger partial charge in [-0.1, -0.05) is 74.5 Å². The summed E-state index contributed by atoms with van der Waals surface area (Å²) in [6.45, 7) is 4.08. The van der Waals surface area contributed by atoms with Crippen molar-refractivity contribution < 1.29 is 4.79 Å². The van der Waals surface area contributed by atoms with Crippen molar-refractivity contribution in [2.75, 3.05) is 0 Å². The van der Waals surface area contributed by atoms with E-state index in [1.54, 1.807) is 0 Å². The lowest BCUT2D eigenvalue weighted by atomic mass is 9.79. The first-order valence-corrected chi connectivity index (χ1v) is 6.86. The van der Waals surface area contributed by atoms with Gasteiger partial charge in [-0.2, -0.15) is 0 Å². The lowest BCUT2D eigenvalue weighted by Crippen LogP contribution is -2.18. The molecule has 0 N–H and O–H groups in total. The summed E-state index contributed by atoms with van der Waals surface area (Å²) >= 11 is 0. The van der Waals surface area contributed by atoms with Crippen molar-refractivity contribution in [1.29, 1.82) is 0 Å². The molecule has 2 unspecified atom stereocenters. The molecule has 0 saturated carbocycles. The molecule has 0 saturated heterocycles. The van der Waals surface area contributed by atoms with E-state index in [9.17, 15) is 4.79 Å². The third kappa shape index (κ3) is 3.11. The highest BCUT2D eigenvalue weighted by Crippen LogP contribution is 2.34. The maximum Gasteiger partial charge on any atom is 0.140 e. The second kappa shape index (κ2) is 6.33. The summed E-state index contributed by atoms with van der Waals surface area (Å²) in [5.74, 6) is 0.465. The Labute approximate surface area is 115 Å². The summed E-state index contributed by atoms with van der Waals surface area (Å²) < 4.78 is 0. The van der Waals surface area contributed by atoms with E-state index in [4.69, 9.17) is 0 Å². The molecule has 2 aromatic rings. The van der Waals surface area contributed by atoms with Crippen molar-refractivity contribution in [2.45, 2.75) is 32.1 Å². The predicted octanol–water partition coefficient (Wildman–Crippen LogP) is 4.55. The third-order valence-corrected chi connectivity index (χ3v) is 3.68. The van der Waals surface area contributed by atoms with E-state index in [0.29, 0.717) is 12.2 Å². The minimum atomic E-state index is -0.0476. The number of benzene rings is 2. The lowest BCUT2D eigenvalue weighted by molar-refractivity contribution is -0.120. The molecular weight excluding hydrogens is 232 g/mol. The smallest absolute Gasteiger partial charge is 0.140 e. The van der Waals surface area contributed by atoms with E-state index < -0.39 is 0 Å². The van der Waals surface area contributed by atoms with Crippen molar-refractivity contribution in [3.8, 4) is 0 Å². The van der Waals surface area contributed by atoms with Gasteiger partial charge in [-0.3, -0.25) is 4.79 Å². The maximum atomic E-state index is 12.3. The van der Waals surface area contributed by atoms with Gasteiger partial charge in [0.1, 0.15) is 5.78 Å². The molecule has 0 aliphatic carbocycles. The highest BCUT2D eigenvalue weighted by atomic mass is 16.1. The Morgan fingerprint density at radius 1 is 0.895 bits per heavy atom. The van der Waals surface area contributed by atoms with Gasteiger partial charge in [-0.25, -0.2) is 0 Å². The molecule has 0 fully saturated rings. The van der Waals surface area contributed by atoms with Gasteiger partial charge in [0.15, 0.2) is 0 Å². The van der Waals surface area contributed by atoms with Crippen LogP contribution in [0.5, 0.6) is 0 Å². The zero-order valence-electron chi connectivity index (χ0n) is 11.5. The number of carbonyl (C=O) groups is 1. The highest BCUT2D eigenvalue weighted by Gasteiger charge is 2.26. The fourth-order valence-corrected chi connectivity index (χ4v) is 2.58. The summed E-state index contributed by atoms with van der Waals surface area (Å²) in [6.07, 6.45) is 0.580. The van der Waals surface area contributed by atoms with Crippen LogP contribution in [-0.2, 0) is 4.79 Å². The number of hydrogen-bond donors (Lipinski definition) is 0. The first kappa shape index (κ1) is 13.5. The molecule has 2 rings (SSSR count). The first-order valence-electron chi connectivity index (χ1n) is 6.86. The van der Waals surface area contributed by atoms with Crippen molar-refractivity contribution in [2.24, 2.45) is 0 Å². The molecular formula is C18H20O. The number of ketones is 1. The standard InChI is InChI=1S/C18H20O/c1-3-17(19)18(16-12-8-5-9-13-16)14(2)15-10-6-4-7-11-15/h4-14,18H,3H2,1-2H3. The Kier molecular flexibility index (Phi) is 4.51. The van der Waals surface area contributed by atoms with E-state index >= 15 is 0 Å². The van der Waals surface area contributed by atoms with Crippen molar-refractivity contribution in [1.82, 2.24) is 0 Å². The van der Waals surface area contributed by atoms with Crippen LogP contribution in [0, 0.1) is 0 Å². The Morgan fingerprint density at radius 2 is 1.37 bits per heavy atom. The van der Waals surface area contributed by atoms with Gasteiger partial charge in [0, 0.05) is 12.3 Å². The summed E-state index contributed by atoms with van der Waals surface area (Å²) in [4.78, 5) is 12.3. The van der Waals surface area contributed by atoms with E-state index in [-0.39, 0.29) is 11.8 Å². The zero-order valence-corrected chi connectivity index (χ0v) is 11.5. The van der Waals surface area contributed by atoms with Crippen LogP contribution in [-0.4, -0.2) is 5.78 Å². The third-order valence-electron chi connectivity index (χ3n) is 3.68. The SMILES string of the molecule is CCC(=O)C(c1ccccc1)C(C)c1ccccc1. The van der Waals surface area contributed by atoms with E-state index in [0.717, 1.165) is 5.56 Å². The predicted molar refractivity (Wildman–Crippen MR) is 79.3 cm³/mol. The molecule has 1 nitrogen and oxygen atoms in total. The van der Waals surface area contributed by atoms with Crippen LogP contribution in [0.15, 0.2) is 60.7 Å². The molecule has 0 aliphatic rings. The summed E-state index contributed by atoms with van der Waals surface area (Å²) in [5.41, 5.74) is 2.34. The van der Waals surface area contributed by atoms with Gasteiger partial charge in [0.2, 0.25) is 0 Å². The topological polar surface area (TPSA) is 17.1 Å². The molecule has 0 aliphatic heterocycles.